The number of phenolic OH excluding ortho intramolecular Hbond substituents is 1. The van der Waals surface area contributed by atoms with Gasteiger partial charge in [0.15, 0.2) is 0 Å². The van der Waals surface area contributed by atoms with E-state index in [0.717, 1.165) is 22.2 Å². The molecule has 0 saturated heterocycles. The van der Waals surface area contributed by atoms with Crippen LogP contribution in [-0.2, 0) is 0 Å². The van der Waals surface area contributed by atoms with Crippen LogP contribution in [0.2, 0.25) is 0 Å². The number of phenols is 1. The zero-order chi connectivity index (χ0) is 13.6. The number of aromatic hydroxyl groups is 1. The number of aryl methyl sites for hydroxylation is 3. The molecule has 0 fully saturated rings. The molecule has 0 unspecified atom stereocenters. The van der Waals surface area contributed by atoms with Crippen molar-refractivity contribution >= 4 is 10.9 Å². The van der Waals surface area contributed by atoms with Crippen LogP contribution in [0.15, 0.2) is 36.4 Å². The van der Waals surface area contributed by atoms with Gasteiger partial charge < -0.3 is 10.1 Å². The van der Waals surface area contributed by atoms with Crippen molar-refractivity contribution in [1.82, 2.24) is 4.98 Å². The second-order valence-corrected chi connectivity index (χ2v) is 5.14. The summed E-state index contributed by atoms with van der Waals surface area (Å²) in [5.41, 5.74) is 6.85. The largest absolute Gasteiger partial charge is 0.507 e. The van der Waals surface area contributed by atoms with Crippen molar-refractivity contribution in [2.75, 3.05) is 0 Å². The lowest BCUT2D eigenvalue weighted by atomic mass is 10.00. The zero-order valence-corrected chi connectivity index (χ0v) is 11.4. The highest BCUT2D eigenvalue weighted by atomic mass is 16.3. The van der Waals surface area contributed by atoms with Crippen LogP contribution in [0.25, 0.3) is 22.2 Å². The SMILES string of the molecule is Cc1ccc(C)c(-c2[nH]c3cccc(O)c3c2C)c1. The smallest absolute Gasteiger partial charge is 0.125 e. The topological polar surface area (TPSA) is 36.0 Å². The summed E-state index contributed by atoms with van der Waals surface area (Å²) in [5.74, 6) is 0.336. The molecule has 0 bridgehead atoms. The van der Waals surface area contributed by atoms with Crippen molar-refractivity contribution < 1.29 is 5.11 Å². The maximum absolute atomic E-state index is 10.0. The first kappa shape index (κ1) is 11.8. The van der Waals surface area contributed by atoms with E-state index in [4.69, 9.17) is 0 Å². The Hall–Kier alpha value is -2.22. The molecule has 3 rings (SSSR count). The highest BCUT2D eigenvalue weighted by Crippen LogP contribution is 2.35. The van der Waals surface area contributed by atoms with Gasteiger partial charge in [-0.1, -0.05) is 23.8 Å². The van der Waals surface area contributed by atoms with E-state index in [1.54, 1.807) is 6.07 Å². The number of aromatic amines is 1. The third-order valence-electron chi connectivity index (χ3n) is 3.71. The second kappa shape index (κ2) is 4.16. The van der Waals surface area contributed by atoms with Crippen molar-refractivity contribution in [3.8, 4) is 17.0 Å². The van der Waals surface area contributed by atoms with Crippen molar-refractivity contribution in [3.63, 3.8) is 0 Å². The van der Waals surface area contributed by atoms with Crippen LogP contribution < -0.4 is 0 Å². The fourth-order valence-corrected chi connectivity index (χ4v) is 2.67. The van der Waals surface area contributed by atoms with Gasteiger partial charge in [-0.15, -0.1) is 0 Å². The maximum Gasteiger partial charge on any atom is 0.125 e. The molecule has 0 amide bonds. The number of fused-ring (bicyclic) bond motifs is 1. The molecule has 0 aliphatic heterocycles. The number of aromatic nitrogens is 1. The summed E-state index contributed by atoms with van der Waals surface area (Å²) < 4.78 is 0. The Morgan fingerprint density at radius 3 is 2.53 bits per heavy atom. The predicted octanol–water partition coefficient (Wildman–Crippen LogP) is 4.47. The molecule has 0 radical (unpaired) electrons. The van der Waals surface area contributed by atoms with E-state index in [0.29, 0.717) is 5.75 Å². The molecule has 2 N–H and O–H groups in total. The van der Waals surface area contributed by atoms with Gasteiger partial charge in [-0.05, 0) is 50.1 Å². The van der Waals surface area contributed by atoms with E-state index >= 15 is 0 Å². The van der Waals surface area contributed by atoms with E-state index in [1.807, 2.05) is 12.1 Å². The Morgan fingerprint density at radius 2 is 1.79 bits per heavy atom. The third kappa shape index (κ3) is 1.80. The van der Waals surface area contributed by atoms with Gasteiger partial charge >= 0.3 is 0 Å². The maximum atomic E-state index is 10.0. The van der Waals surface area contributed by atoms with Crippen molar-refractivity contribution in [2.24, 2.45) is 0 Å². The van der Waals surface area contributed by atoms with Crippen LogP contribution in [0.3, 0.4) is 0 Å². The molecule has 0 aliphatic rings. The molecule has 3 aromatic rings. The molecule has 1 aromatic heterocycles. The van der Waals surface area contributed by atoms with Crippen LogP contribution in [-0.4, -0.2) is 10.1 Å². The molecule has 2 nitrogen and oxygen atoms in total. The lowest BCUT2D eigenvalue weighted by Crippen LogP contribution is -1.86. The fraction of sp³-hybridized carbons (Fsp3) is 0.176. The molecule has 96 valence electrons. The van der Waals surface area contributed by atoms with Gasteiger partial charge in [0.05, 0.1) is 0 Å². The highest BCUT2D eigenvalue weighted by molar-refractivity contribution is 5.95. The highest BCUT2D eigenvalue weighted by Gasteiger charge is 2.13. The molecule has 19 heavy (non-hydrogen) atoms. The third-order valence-corrected chi connectivity index (χ3v) is 3.71. The number of rotatable bonds is 1. The first-order valence-electron chi connectivity index (χ1n) is 6.46. The average molecular weight is 251 g/mol. The van der Waals surface area contributed by atoms with Crippen LogP contribution in [0.5, 0.6) is 5.75 Å². The molecular weight excluding hydrogens is 234 g/mol. The lowest BCUT2D eigenvalue weighted by molar-refractivity contribution is 0.481. The van der Waals surface area contributed by atoms with Crippen molar-refractivity contribution in [3.05, 3.63) is 53.1 Å². The van der Waals surface area contributed by atoms with Gasteiger partial charge in [0.1, 0.15) is 5.75 Å². The summed E-state index contributed by atoms with van der Waals surface area (Å²) >= 11 is 0. The van der Waals surface area contributed by atoms with Gasteiger partial charge in [-0.2, -0.15) is 0 Å². The predicted molar refractivity (Wildman–Crippen MR) is 79.6 cm³/mol. The number of H-pyrrole nitrogens is 1. The Kier molecular flexibility index (Phi) is 2.59. The molecular formula is C17H17NO. The molecule has 0 spiro atoms. The monoisotopic (exact) mass is 251 g/mol. The normalized spacial score (nSPS) is 11.1. The molecule has 0 atom stereocenters. The van der Waals surface area contributed by atoms with Gasteiger partial charge in [0.25, 0.3) is 0 Å². The summed E-state index contributed by atoms with van der Waals surface area (Å²) in [6, 6.07) is 12.0. The van der Waals surface area contributed by atoms with Crippen molar-refractivity contribution in [2.45, 2.75) is 20.8 Å². The standard InChI is InChI=1S/C17H17NO/c1-10-7-8-11(2)13(9-10)17-12(3)16-14(18-17)5-4-6-15(16)19/h4-9,18-19H,1-3H3. The fourth-order valence-electron chi connectivity index (χ4n) is 2.67. The summed E-state index contributed by atoms with van der Waals surface area (Å²) in [4.78, 5) is 3.43. The molecule has 1 heterocycles. The summed E-state index contributed by atoms with van der Waals surface area (Å²) in [7, 11) is 0. The molecule has 0 saturated carbocycles. The lowest BCUT2D eigenvalue weighted by Gasteiger charge is -2.06. The minimum Gasteiger partial charge on any atom is -0.507 e. The van der Waals surface area contributed by atoms with Gasteiger partial charge in [0.2, 0.25) is 0 Å². The molecule has 2 aromatic carbocycles. The van der Waals surface area contributed by atoms with Crippen LogP contribution >= 0.6 is 0 Å². The van der Waals surface area contributed by atoms with Gasteiger partial charge in [-0.3, -0.25) is 0 Å². The van der Waals surface area contributed by atoms with Crippen LogP contribution in [0.4, 0.5) is 0 Å². The number of benzene rings is 2. The summed E-state index contributed by atoms with van der Waals surface area (Å²) in [5, 5.41) is 10.9. The zero-order valence-electron chi connectivity index (χ0n) is 11.4. The van der Waals surface area contributed by atoms with Gasteiger partial charge in [0, 0.05) is 22.2 Å². The second-order valence-electron chi connectivity index (χ2n) is 5.14. The van der Waals surface area contributed by atoms with E-state index in [2.05, 4.69) is 44.0 Å². The first-order chi connectivity index (χ1) is 9.08. The van der Waals surface area contributed by atoms with Crippen molar-refractivity contribution in [1.29, 1.82) is 0 Å². The van der Waals surface area contributed by atoms with E-state index < -0.39 is 0 Å². The number of hydrogen-bond donors (Lipinski definition) is 2. The minimum atomic E-state index is 0.336. The van der Waals surface area contributed by atoms with E-state index in [9.17, 15) is 5.11 Å². The first-order valence-corrected chi connectivity index (χ1v) is 6.46. The van der Waals surface area contributed by atoms with E-state index in [-0.39, 0.29) is 0 Å². The number of nitrogens with one attached hydrogen (secondary N) is 1. The summed E-state index contributed by atoms with van der Waals surface area (Å²) in [6.07, 6.45) is 0. The number of hydrogen-bond acceptors (Lipinski definition) is 1. The Labute approximate surface area is 112 Å². The quantitative estimate of drug-likeness (QED) is 0.658. The Bertz CT molecular complexity index is 768. The van der Waals surface area contributed by atoms with Crippen LogP contribution in [0.1, 0.15) is 16.7 Å². The van der Waals surface area contributed by atoms with Gasteiger partial charge in [-0.25, -0.2) is 0 Å². The molecule has 2 heteroatoms. The molecule has 0 aliphatic carbocycles. The average Bonchev–Trinajstić information content (AvgIpc) is 2.71. The summed E-state index contributed by atoms with van der Waals surface area (Å²) in [6.45, 7) is 6.26. The Morgan fingerprint density at radius 1 is 1.00 bits per heavy atom. The van der Waals surface area contributed by atoms with E-state index in [1.165, 1.54) is 16.7 Å². The van der Waals surface area contributed by atoms with Crippen LogP contribution in [0, 0.1) is 20.8 Å². The minimum absolute atomic E-state index is 0.336. The Balaban J connectivity index is 2.34.